The molecule has 3 aliphatic rings. The molecule has 3 fully saturated rings. The zero-order valence-corrected chi connectivity index (χ0v) is 12.0. The van der Waals surface area contributed by atoms with Crippen molar-refractivity contribution in [1.29, 1.82) is 0 Å². The number of fused-ring (bicyclic) bond motifs is 1. The summed E-state index contributed by atoms with van der Waals surface area (Å²) in [6.45, 7) is 5.58. The Bertz CT molecular complexity index is 290. The van der Waals surface area contributed by atoms with Gasteiger partial charge in [-0.3, -0.25) is 4.90 Å². The van der Waals surface area contributed by atoms with Crippen LogP contribution in [0.2, 0.25) is 0 Å². The summed E-state index contributed by atoms with van der Waals surface area (Å²) in [7, 11) is 0. The van der Waals surface area contributed by atoms with Gasteiger partial charge in [0.25, 0.3) is 0 Å². The zero-order chi connectivity index (χ0) is 13.1. The Labute approximate surface area is 116 Å². The van der Waals surface area contributed by atoms with E-state index in [-0.39, 0.29) is 5.41 Å². The Morgan fingerprint density at radius 3 is 2.84 bits per heavy atom. The number of rotatable bonds is 3. The van der Waals surface area contributed by atoms with Crippen LogP contribution in [0.3, 0.4) is 0 Å². The van der Waals surface area contributed by atoms with Crippen molar-refractivity contribution in [2.45, 2.75) is 50.7 Å². The van der Waals surface area contributed by atoms with Crippen LogP contribution >= 0.6 is 0 Å². The number of nitrogens with two attached hydrogens (primary N) is 1. The summed E-state index contributed by atoms with van der Waals surface area (Å²) in [5.41, 5.74) is 6.28. The van der Waals surface area contributed by atoms with Gasteiger partial charge < -0.3 is 15.2 Å². The van der Waals surface area contributed by atoms with Crippen LogP contribution in [0.5, 0.6) is 0 Å². The minimum Gasteiger partial charge on any atom is -0.381 e. The van der Waals surface area contributed by atoms with Crippen molar-refractivity contribution in [1.82, 2.24) is 4.90 Å². The van der Waals surface area contributed by atoms with E-state index in [9.17, 15) is 0 Å². The average Bonchev–Trinajstić information content (AvgIpc) is 2.49. The molecular formula is C15H28N2O2. The fourth-order valence-corrected chi connectivity index (χ4v) is 4.06. The lowest BCUT2D eigenvalue weighted by Crippen LogP contribution is -2.57. The highest BCUT2D eigenvalue weighted by atomic mass is 16.5. The van der Waals surface area contributed by atoms with Gasteiger partial charge in [-0.2, -0.15) is 0 Å². The molecule has 0 radical (unpaired) electrons. The van der Waals surface area contributed by atoms with Gasteiger partial charge in [-0.15, -0.1) is 0 Å². The van der Waals surface area contributed by atoms with Crippen LogP contribution in [0.15, 0.2) is 0 Å². The van der Waals surface area contributed by atoms with E-state index in [4.69, 9.17) is 15.2 Å². The summed E-state index contributed by atoms with van der Waals surface area (Å²) in [6, 6.07) is 0.632. The monoisotopic (exact) mass is 268 g/mol. The highest BCUT2D eigenvalue weighted by Gasteiger charge is 2.40. The largest absolute Gasteiger partial charge is 0.381 e. The summed E-state index contributed by atoms with van der Waals surface area (Å²) in [5.74, 6) is 0. The molecule has 2 N–H and O–H groups in total. The Morgan fingerprint density at radius 2 is 2.05 bits per heavy atom. The smallest absolute Gasteiger partial charge is 0.0730 e. The third-order valence-electron chi connectivity index (χ3n) is 5.22. The molecule has 0 bridgehead atoms. The summed E-state index contributed by atoms with van der Waals surface area (Å²) in [4.78, 5) is 2.66. The van der Waals surface area contributed by atoms with Crippen molar-refractivity contribution in [3.05, 3.63) is 0 Å². The van der Waals surface area contributed by atoms with Crippen LogP contribution in [-0.2, 0) is 9.47 Å². The molecule has 110 valence electrons. The standard InChI is InChI=1S/C15H28N2O2/c16-10-15(6-3-8-18-12-15)11-17-7-9-19-14-5-2-1-4-13(14)17/h13-14H,1-12,16H2. The first-order valence-corrected chi connectivity index (χ1v) is 7.96. The number of morpholine rings is 1. The van der Waals surface area contributed by atoms with E-state index in [1.807, 2.05) is 0 Å². The fourth-order valence-electron chi connectivity index (χ4n) is 4.06. The van der Waals surface area contributed by atoms with Crippen LogP contribution in [0.1, 0.15) is 38.5 Å². The van der Waals surface area contributed by atoms with Crippen molar-refractivity contribution in [2.24, 2.45) is 11.1 Å². The summed E-state index contributed by atoms with van der Waals surface area (Å²) < 4.78 is 11.7. The zero-order valence-electron chi connectivity index (χ0n) is 12.0. The lowest BCUT2D eigenvalue weighted by atomic mass is 9.80. The number of ether oxygens (including phenoxy) is 2. The fraction of sp³-hybridized carbons (Fsp3) is 1.00. The number of hydrogen-bond acceptors (Lipinski definition) is 4. The van der Waals surface area contributed by atoms with E-state index < -0.39 is 0 Å². The van der Waals surface area contributed by atoms with Gasteiger partial charge in [0.2, 0.25) is 0 Å². The molecule has 1 saturated carbocycles. The summed E-state index contributed by atoms with van der Waals surface area (Å²) in [6.07, 6.45) is 8.09. The van der Waals surface area contributed by atoms with Crippen molar-refractivity contribution in [3.63, 3.8) is 0 Å². The molecular weight excluding hydrogens is 240 g/mol. The van der Waals surface area contributed by atoms with E-state index in [1.54, 1.807) is 0 Å². The van der Waals surface area contributed by atoms with Crippen LogP contribution < -0.4 is 5.73 Å². The third-order valence-corrected chi connectivity index (χ3v) is 5.22. The molecule has 0 aromatic heterocycles. The minimum atomic E-state index is 0.192. The van der Waals surface area contributed by atoms with Crippen LogP contribution in [0.25, 0.3) is 0 Å². The molecule has 3 rings (SSSR count). The van der Waals surface area contributed by atoms with E-state index in [2.05, 4.69) is 4.90 Å². The highest BCUT2D eigenvalue weighted by Crippen LogP contribution is 2.34. The summed E-state index contributed by atoms with van der Waals surface area (Å²) >= 11 is 0. The Hall–Kier alpha value is -0.160. The van der Waals surface area contributed by atoms with Gasteiger partial charge in [-0.1, -0.05) is 12.8 Å². The number of nitrogens with zero attached hydrogens (tertiary/aromatic N) is 1. The molecule has 2 saturated heterocycles. The van der Waals surface area contributed by atoms with Gasteiger partial charge in [0, 0.05) is 37.7 Å². The molecule has 2 heterocycles. The highest BCUT2D eigenvalue weighted by molar-refractivity contribution is 4.93. The van der Waals surface area contributed by atoms with Crippen LogP contribution in [0.4, 0.5) is 0 Å². The maximum Gasteiger partial charge on any atom is 0.0730 e. The topological polar surface area (TPSA) is 47.7 Å². The Morgan fingerprint density at radius 1 is 1.16 bits per heavy atom. The van der Waals surface area contributed by atoms with E-state index in [0.29, 0.717) is 12.1 Å². The van der Waals surface area contributed by atoms with Gasteiger partial charge in [0.05, 0.1) is 19.3 Å². The molecule has 2 aliphatic heterocycles. The predicted octanol–water partition coefficient (Wildman–Crippen LogP) is 1.39. The lowest BCUT2D eigenvalue weighted by Gasteiger charge is -2.48. The first-order valence-electron chi connectivity index (χ1n) is 7.96. The van der Waals surface area contributed by atoms with Gasteiger partial charge in [-0.25, -0.2) is 0 Å². The van der Waals surface area contributed by atoms with E-state index >= 15 is 0 Å². The lowest BCUT2D eigenvalue weighted by molar-refractivity contribution is -0.111. The van der Waals surface area contributed by atoms with Crippen molar-refractivity contribution < 1.29 is 9.47 Å². The SMILES string of the molecule is NCC1(CN2CCOC3CCCCC32)CCCOC1. The van der Waals surface area contributed by atoms with Crippen molar-refractivity contribution in [3.8, 4) is 0 Å². The molecule has 3 atom stereocenters. The molecule has 0 aromatic rings. The second kappa shape index (κ2) is 6.08. The molecule has 3 unspecified atom stereocenters. The quantitative estimate of drug-likeness (QED) is 0.840. The maximum absolute atomic E-state index is 6.09. The van der Waals surface area contributed by atoms with Crippen LogP contribution in [0, 0.1) is 5.41 Å². The number of hydrogen-bond donors (Lipinski definition) is 1. The van der Waals surface area contributed by atoms with Gasteiger partial charge in [-0.05, 0) is 25.7 Å². The first-order chi connectivity index (χ1) is 9.33. The maximum atomic E-state index is 6.09. The second-order valence-electron chi connectivity index (χ2n) is 6.59. The third kappa shape index (κ3) is 2.97. The van der Waals surface area contributed by atoms with Crippen molar-refractivity contribution >= 4 is 0 Å². The molecule has 4 heteroatoms. The second-order valence-corrected chi connectivity index (χ2v) is 6.59. The molecule has 19 heavy (non-hydrogen) atoms. The van der Waals surface area contributed by atoms with E-state index in [0.717, 1.165) is 45.9 Å². The van der Waals surface area contributed by atoms with E-state index in [1.165, 1.54) is 32.1 Å². The Balaban J connectivity index is 1.66. The predicted molar refractivity (Wildman–Crippen MR) is 75.1 cm³/mol. The summed E-state index contributed by atoms with van der Waals surface area (Å²) in [5, 5.41) is 0. The van der Waals surface area contributed by atoms with Gasteiger partial charge >= 0.3 is 0 Å². The normalized spacial score (nSPS) is 40.9. The molecule has 0 spiro atoms. The first kappa shape index (κ1) is 13.8. The molecule has 0 amide bonds. The Kier molecular flexibility index (Phi) is 4.42. The van der Waals surface area contributed by atoms with Crippen LogP contribution in [-0.4, -0.2) is 56.5 Å². The average molecular weight is 268 g/mol. The van der Waals surface area contributed by atoms with Gasteiger partial charge in [0.1, 0.15) is 0 Å². The van der Waals surface area contributed by atoms with Gasteiger partial charge in [0.15, 0.2) is 0 Å². The molecule has 0 aromatic carbocycles. The minimum absolute atomic E-state index is 0.192. The molecule has 1 aliphatic carbocycles. The van der Waals surface area contributed by atoms with Crippen molar-refractivity contribution in [2.75, 3.05) is 39.5 Å². The molecule has 4 nitrogen and oxygen atoms in total.